The number of nitrogens with one attached hydrogen (secondary N) is 1. The first-order valence-electron chi connectivity index (χ1n) is 8.82. The fourth-order valence-electron chi connectivity index (χ4n) is 2.72. The smallest absolute Gasteiger partial charge is 0.343 e. The topological polar surface area (TPSA) is 82.4 Å². The Kier molecular flexibility index (Phi) is 6.56. The van der Waals surface area contributed by atoms with E-state index in [2.05, 4.69) is 15.0 Å². The van der Waals surface area contributed by atoms with Crippen molar-refractivity contribution in [2.45, 2.75) is 12.1 Å². The Bertz CT molecular complexity index is 1020. The van der Waals surface area contributed by atoms with E-state index in [0.29, 0.717) is 17.1 Å². The number of aryl methyl sites for hydroxylation is 1. The molecule has 1 N–H and O–H groups in total. The third-order valence-electron chi connectivity index (χ3n) is 4.19. The van der Waals surface area contributed by atoms with Gasteiger partial charge in [-0.15, -0.1) is 0 Å². The van der Waals surface area contributed by atoms with Crippen molar-refractivity contribution >= 4 is 29.3 Å². The van der Waals surface area contributed by atoms with Crippen LogP contribution in [0.15, 0.2) is 59.9 Å². The van der Waals surface area contributed by atoms with E-state index in [1.165, 1.54) is 18.9 Å². The third kappa shape index (κ3) is 4.78. The molecule has 7 nitrogen and oxygen atoms in total. The summed E-state index contributed by atoms with van der Waals surface area (Å²) >= 11 is 1.47. The summed E-state index contributed by atoms with van der Waals surface area (Å²) in [5, 5.41) is 3.65. The van der Waals surface area contributed by atoms with E-state index in [0.717, 1.165) is 16.4 Å². The quantitative estimate of drug-likeness (QED) is 0.471. The number of aromatic nitrogens is 2. The Morgan fingerprint density at radius 3 is 2.59 bits per heavy atom. The lowest BCUT2D eigenvalue weighted by Gasteiger charge is -2.13. The predicted octanol–water partition coefficient (Wildman–Crippen LogP) is 3.71. The van der Waals surface area contributed by atoms with Gasteiger partial charge in [0.1, 0.15) is 11.4 Å². The average Bonchev–Trinajstić information content (AvgIpc) is 3.18. The van der Waals surface area contributed by atoms with Crippen LogP contribution in [0.3, 0.4) is 0 Å². The first-order chi connectivity index (χ1) is 14.0. The Labute approximate surface area is 173 Å². The van der Waals surface area contributed by atoms with Crippen LogP contribution in [0.2, 0.25) is 0 Å². The van der Waals surface area contributed by atoms with E-state index in [1.54, 1.807) is 24.4 Å². The number of ether oxygens (including phenoxy) is 2. The zero-order valence-corrected chi connectivity index (χ0v) is 17.2. The number of amides is 1. The fraction of sp³-hybridized carbons (Fsp3) is 0.190. The number of methoxy groups -OCH3 is 1. The molecule has 0 radical (unpaired) electrons. The molecule has 0 aliphatic heterocycles. The summed E-state index contributed by atoms with van der Waals surface area (Å²) in [5.74, 6) is -0.211. The summed E-state index contributed by atoms with van der Waals surface area (Å²) < 4.78 is 11.8. The molecule has 0 spiro atoms. The maximum absolute atomic E-state index is 13.0. The van der Waals surface area contributed by atoms with Crippen molar-refractivity contribution < 1.29 is 19.1 Å². The number of imidazole rings is 1. The number of hydrogen-bond acceptors (Lipinski definition) is 6. The maximum Gasteiger partial charge on any atom is 0.343 e. The number of para-hydroxylation sites is 1. The highest BCUT2D eigenvalue weighted by atomic mass is 32.2. The first-order valence-corrected chi connectivity index (χ1v) is 10.0. The van der Waals surface area contributed by atoms with E-state index in [4.69, 9.17) is 4.74 Å². The Morgan fingerprint density at radius 1 is 1.17 bits per heavy atom. The van der Waals surface area contributed by atoms with Gasteiger partial charge in [0.25, 0.3) is 5.91 Å². The normalized spacial score (nSPS) is 10.4. The van der Waals surface area contributed by atoms with Crippen molar-refractivity contribution in [3.05, 3.63) is 66.0 Å². The number of rotatable bonds is 7. The van der Waals surface area contributed by atoms with Crippen molar-refractivity contribution in [1.29, 1.82) is 0 Å². The zero-order valence-electron chi connectivity index (χ0n) is 16.3. The summed E-state index contributed by atoms with van der Waals surface area (Å²) in [7, 11) is 1.30. The Hall–Kier alpha value is -3.26. The molecule has 3 aromatic rings. The van der Waals surface area contributed by atoms with Crippen LogP contribution in [-0.2, 0) is 9.53 Å². The molecule has 0 aliphatic carbocycles. The molecule has 0 bridgehead atoms. The number of carbonyl (C=O) groups is 2. The lowest BCUT2D eigenvalue weighted by atomic mass is 10.2. The Balaban J connectivity index is 1.81. The van der Waals surface area contributed by atoms with Crippen LogP contribution in [0.1, 0.15) is 16.1 Å². The molecule has 150 valence electrons. The second-order valence-electron chi connectivity index (χ2n) is 6.10. The third-order valence-corrected chi connectivity index (χ3v) is 4.84. The molecule has 0 saturated heterocycles. The SMILES string of the molecule is COC(=O)COc1ccc(NC(=O)c2cnc(SC)n2-c2ccccc2)c(C)c1. The van der Waals surface area contributed by atoms with Crippen molar-refractivity contribution in [2.75, 3.05) is 25.3 Å². The van der Waals surface area contributed by atoms with Gasteiger partial charge in [-0.25, -0.2) is 9.78 Å². The molecule has 1 aromatic heterocycles. The van der Waals surface area contributed by atoms with Gasteiger partial charge in [-0.2, -0.15) is 0 Å². The van der Waals surface area contributed by atoms with Crippen molar-refractivity contribution in [3.8, 4) is 11.4 Å². The number of anilines is 1. The number of carbonyl (C=O) groups excluding carboxylic acids is 2. The maximum atomic E-state index is 13.0. The lowest BCUT2D eigenvalue weighted by Crippen LogP contribution is -2.17. The summed E-state index contributed by atoms with van der Waals surface area (Å²) in [6, 6.07) is 14.8. The molecule has 0 fully saturated rings. The van der Waals surface area contributed by atoms with Gasteiger partial charge in [0.2, 0.25) is 0 Å². The molecule has 0 unspecified atom stereocenters. The zero-order chi connectivity index (χ0) is 20.8. The predicted molar refractivity (Wildman–Crippen MR) is 112 cm³/mol. The van der Waals surface area contributed by atoms with Gasteiger partial charge in [-0.3, -0.25) is 9.36 Å². The summed E-state index contributed by atoms with van der Waals surface area (Å²) in [5.41, 5.74) is 2.75. The molecule has 0 saturated carbocycles. The molecule has 3 rings (SSSR count). The Morgan fingerprint density at radius 2 is 1.93 bits per heavy atom. The molecule has 0 atom stereocenters. The van der Waals surface area contributed by atoms with E-state index < -0.39 is 5.97 Å². The monoisotopic (exact) mass is 411 g/mol. The second kappa shape index (κ2) is 9.29. The molecule has 8 heteroatoms. The summed E-state index contributed by atoms with van der Waals surface area (Å²) in [6.07, 6.45) is 3.48. The average molecular weight is 411 g/mol. The van der Waals surface area contributed by atoms with Gasteiger partial charge in [0, 0.05) is 11.4 Å². The highest BCUT2D eigenvalue weighted by Gasteiger charge is 2.18. The van der Waals surface area contributed by atoms with Gasteiger partial charge in [-0.1, -0.05) is 30.0 Å². The minimum absolute atomic E-state index is 0.171. The largest absolute Gasteiger partial charge is 0.482 e. The number of esters is 1. The summed E-state index contributed by atoms with van der Waals surface area (Å²) in [4.78, 5) is 28.5. The van der Waals surface area contributed by atoms with Crippen LogP contribution < -0.4 is 10.1 Å². The molecular formula is C21H21N3O4S. The lowest BCUT2D eigenvalue weighted by molar-refractivity contribution is -0.142. The van der Waals surface area contributed by atoms with Crippen LogP contribution in [0.25, 0.3) is 5.69 Å². The molecule has 2 aromatic carbocycles. The molecule has 29 heavy (non-hydrogen) atoms. The highest BCUT2D eigenvalue weighted by molar-refractivity contribution is 7.98. The van der Waals surface area contributed by atoms with E-state index in [1.807, 2.05) is 48.1 Å². The standard InChI is InChI=1S/C21H21N3O4S/c1-14-11-16(28-13-19(25)27-2)9-10-17(14)23-20(26)18-12-22-21(29-3)24(18)15-7-5-4-6-8-15/h4-12H,13H2,1-3H3,(H,23,26). The van der Waals surface area contributed by atoms with Gasteiger partial charge in [0.05, 0.1) is 13.3 Å². The van der Waals surface area contributed by atoms with Crippen LogP contribution in [-0.4, -0.2) is 41.4 Å². The minimum Gasteiger partial charge on any atom is -0.482 e. The number of benzene rings is 2. The first kappa shape index (κ1) is 20.5. The van der Waals surface area contributed by atoms with Crippen molar-refractivity contribution in [1.82, 2.24) is 9.55 Å². The number of nitrogens with zero attached hydrogens (tertiary/aromatic N) is 2. The highest BCUT2D eigenvalue weighted by Crippen LogP contribution is 2.25. The summed E-state index contributed by atoms with van der Waals surface area (Å²) in [6.45, 7) is 1.68. The van der Waals surface area contributed by atoms with Gasteiger partial charge in [0.15, 0.2) is 11.8 Å². The second-order valence-corrected chi connectivity index (χ2v) is 6.87. The fourth-order valence-corrected chi connectivity index (χ4v) is 3.26. The van der Waals surface area contributed by atoms with Crippen molar-refractivity contribution in [2.24, 2.45) is 0 Å². The molecule has 1 heterocycles. The van der Waals surface area contributed by atoms with Crippen LogP contribution in [0.4, 0.5) is 5.69 Å². The van der Waals surface area contributed by atoms with Crippen LogP contribution in [0.5, 0.6) is 5.75 Å². The number of hydrogen-bond donors (Lipinski definition) is 1. The number of thioether (sulfide) groups is 1. The van der Waals surface area contributed by atoms with Gasteiger partial charge < -0.3 is 14.8 Å². The van der Waals surface area contributed by atoms with Gasteiger partial charge >= 0.3 is 5.97 Å². The van der Waals surface area contributed by atoms with Crippen molar-refractivity contribution in [3.63, 3.8) is 0 Å². The van der Waals surface area contributed by atoms with Gasteiger partial charge in [-0.05, 0) is 49.1 Å². The van der Waals surface area contributed by atoms with E-state index in [-0.39, 0.29) is 12.5 Å². The molecule has 1 amide bonds. The minimum atomic E-state index is -0.459. The van der Waals surface area contributed by atoms with Crippen LogP contribution >= 0.6 is 11.8 Å². The molecule has 0 aliphatic rings. The van der Waals surface area contributed by atoms with E-state index >= 15 is 0 Å². The molecular weight excluding hydrogens is 390 g/mol. The van der Waals surface area contributed by atoms with E-state index in [9.17, 15) is 9.59 Å². The van der Waals surface area contributed by atoms with Crippen LogP contribution in [0, 0.1) is 6.92 Å².